The van der Waals surface area contributed by atoms with E-state index in [1.807, 2.05) is 6.07 Å². The molecule has 0 spiro atoms. The van der Waals surface area contributed by atoms with Gasteiger partial charge in [0.05, 0.1) is 23.3 Å². The lowest BCUT2D eigenvalue weighted by molar-refractivity contribution is 0.472. The van der Waals surface area contributed by atoms with Gasteiger partial charge < -0.3 is 14.6 Å². The van der Waals surface area contributed by atoms with E-state index in [4.69, 9.17) is 17.3 Å². The van der Waals surface area contributed by atoms with Crippen LogP contribution < -0.4 is 0 Å². The smallest absolute Gasteiger partial charge is 0.131 e. The molecular formula is C21H14O3. The SMILES string of the molecule is C#Cc1cc(C(c2ccc(O)c(C#C)c2)c2ccco2)ccc1O. The highest BCUT2D eigenvalue weighted by Crippen LogP contribution is 2.35. The van der Waals surface area contributed by atoms with E-state index in [0.29, 0.717) is 16.9 Å². The highest BCUT2D eigenvalue weighted by Gasteiger charge is 2.21. The molecule has 0 radical (unpaired) electrons. The van der Waals surface area contributed by atoms with Gasteiger partial charge in [0, 0.05) is 0 Å². The number of benzene rings is 2. The number of phenolic OH excluding ortho intramolecular Hbond substituents is 2. The summed E-state index contributed by atoms with van der Waals surface area (Å²) in [6, 6.07) is 13.8. The van der Waals surface area contributed by atoms with E-state index in [9.17, 15) is 10.2 Å². The number of hydrogen-bond donors (Lipinski definition) is 2. The molecule has 0 saturated carbocycles. The predicted octanol–water partition coefficient (Wildman–Crippen LogP) is 3.83. The molecule has 3 heteroatoms. The summed E-state index contributed by atoms with van der Waals surface area (Å²) in [4.78, 5) is 0. The maximum absolute atomic E-state index is 9.81. The third-order valence-electron chi connectivity index (χ3n) is 3.85. The molecule has 0 amide bonds. The maximum atomic E-state index is 9.81. The Labute approximate surface area is 140 Å². The summed E-state index contributed by atoms with van der Waals surface area (Å²) < 4.78 is 5.58. The molecule has 0 aliphatic heterocycles. The lowest BCUT2D eigenvalue weighted by atomic mass is 9.87. The Kier molecular flexibility index (Phi) is 4.01. The standard InChI is InChI=1S/C21H14O3/c1-3-14-12-16(7-9-18(14)22)21(20-6-5-11-24-20)17-8-10-19(23)15(4-2)13-17/h1-2,5-13,21-23H. The molecule has 0 aliphatic carbocycles. The van der Waals surface area contributed by atoms with Crippen LogP contribution in [0.4, 0.5) is 0 Å². The van der Waals surface area contributed by atoms with Gasteiger partial charge in [-0.05, 0) is 47.5 Å². The predicted molar refractivity (Wildman–Crippen MR) is 91.7 cm³/mol. The van der Waals surface area contributed by atoms with Gasteiger partial charge in [-0.2, -0.15) is 0 Å². The van der Waals surface area contributed by atoms with Gasteiger partial charge in [0.25, 0.3) is 0 Å². The van der Waals surface area contributed by atoms with Crippen molar-refractivity contribution in [2.45, 2.75) is 5.92 Å². The lowest BCUT2D eigenvalue weighted by Gasteiger charge is -2.17. The maximum Gasteiger partial charge on any atom is 0.131 e. The molecule has 0 aliphatic rings. The molecule has 0 atom stereocenters. The van der Waals surface area contributed by atoms with Crippen molar-refractivity contribution in [1.82, 2.24) is 0 Å². The Hall–Kier alpha value is -3.56. The van der Waals surface area contributed by atoms with Crippen molar-refractivity contribution in [3.05, 3.63) is 82.8 Å². The molecule has 0 unspecified atom stereocenters. The second-order valence-corrected chi connectivity index (χ2v) is 5.29. The van der Waals surface area contributed by atoms with Crippen molar-refractivity contribution in [3.8, 4) is 36.2 Å². The number of aromatic hydroxyl groups is 2. The fourth-order valence-electron chi connectivity index (χ4n) is 2.67. The van der Waals surface area contributed by atoms with Crippen LogP contribution in [-0.4, -0.2) is 10.2 Å². The third kappa shape index (κ3) is 2.72. The highest BCUT2D eigenvalue weighted by atomic mass is 16.3. The Morgan fingerprint density at radius 3 is 1.79 bits per heavy atom. The molecule has 116 valence electrons. The minimum Gasteiger partial charge on any atom is -0.507 e. The number of phenols is 2. The summed E-state index contributed by atoms with van der Waals surface area (Å²) in [6.07, 6.45) is 12.5. The number of terminal acetylenes is 2. The van der Waals surface area contributed by atoms with E-state index in [2.05, 4.69) is 11.8 Å². The van der Waals surface area contributed by atoms with Gasteiger partial charge in [-0.3, -0.25) is 0 Å². The first-order valence-corrected chi connectivity index (χ1v) is 7.26. The van der Waals surface area contributed by atoms with Crippen LogP contribution in [0.25, 0.3) is 0 Å². The van der Waals surface area contributed by atoms with Gasteiger partial charge in [0.15, 0.2) is 0 Å². The van der Waals surface area contributed by atoms with Gasteiger partial charge in [-0.25, -0.2) is 0 Å². The van der Waals surface area contributed by atoms with Crippen LogP contribution in [0, 0.1) is 24.7 Å². The van der Waals surface area contributed by atoms with Crippen LogP contribution in [0.3, 0.4) is 0 Å². The molecular weight excluding hydrogens is 300 g/mol. The van der Waals surface area contributed by atoms with Gasteiger partial charge in [0.2, 0.25) is 0 Å². The molecule has 1 aromatic heterocycles. The zero-order valence-corrected chi connectivity index (χ0v) is 12.7. The summed E-state index contributed by atoms with van der Waals surface area (Å²) in [5.41, 5.74) is 2.51. The fourth-order valence-corrected chi connectivity index (χ4v) is 2.67. The van der Waals surface area contributed by atoms with Gasteiger partial charge in [-0.1, -0.05) is 24.0 Å². The first-order valence-electron chi connectivity index (χ1n) is 7.26. The molecule has 0 bridgehead atoms. The number of furan rings is 1. The highest BCUT2D eigenvalue weighted by molar-refractivity contribution is 5.53. The molecule has 24 heavy (non-hydrogen) atoms. The zero-order valence-electron chi connectivity index (χ0n) is 12.7. The van der Waals surface area contributed by atoms with E-state index in [0.717, 1.165) is 11.1 Å². The molecule has 2 N–H and O–H groups in total. The number of rotatable bonds is 3. The van der Waals surface area contributed by atoms with Crippen molar-refractivity contribution in [2.24, 2.45) is 0 Å². The van der Waals surface area contributed by atoms with Crippen molar-refractivity contribution in [1.29, 1.82) is 0 Å². The van der Waals surface area contributed by atoms with E-state index in [1.54, 1.807) is 48.7 Å². The van der Waals surface area contributed by atoms with Crippen molar-refractivity contribution in [3.63, 3.8) is 0 Å². The summed E-state index contributed by atoms with van der Waals surface area (Å²) in [7, 11) is 0. The Bertz CT molecular complexity index is 890. The van der Waals surface area contributed by atoms with Crippen LogP contribution in [0.2, 0.25) is 0 Å². The molecule has 1 heterocycles. The normalized spacial score (nSPS) is 10.3. The molecule has 3 aromatic rings. The van der Waals surface area contributed by atoms with Crippen molar-refractivity contribution < 1.29 is 14.6 Å². The minimum absolute atomic E-state index is 0.0504. The molecule has 2 aromatic carbocycles. The van der Waals surface area contributed by atoms with Crippen LogP contribution in [0.1, 0.15) is 33.9 Å². The fraction of sp³-hybridized carbons (Fsp3) is 0.0476. The molecule has 0 saturated heterocycles. The van der Waals surface area contributed by atoms with Gasteiger partial charge in [0.1, 0.15) is 17.3 Å². The van der Waals surface area contributed by atoms with Crippen LogP contribution in [0.15, 0.2) is 59.2 Å². The molecule has 3 rings (SSSR count). The minimum atomic E-state index is -0.264. The summed E-state index contributed by atoms with van der Waals surface area (Å²) >= 11 is 0. The van der Waals surface area contributed by atoms with Crippen molar-refractivity contribution in [2.75, 3.05) is 0 Å². The van der Waals surface area contributed by atoms with Gasteiger partial charge in [-0.15, -0.1) is 12.8 Å². The largest absolute Gasteiger partial charge is 0.507 e. The Balaban J connectivity index is 2.19. The van der Waals surface area contributed by atoms with Crippen molar-refractivity contribution >= 4 is 0 Å². The Morgan fingerprint density at radius 1 is 0.833 bits per heavy atom. The quantitative estimate of drug-likeness (QED) is 0.722. The zero-order chi connectivity index (χ0) is 17.1. The Morgan fingerprint density at radius 2 is 1.38 bits per heavy atom. The topological polar surface area (TPSA) is 53.6 Å². The van der Waals surface area contributed by atoms with E-state index >= 15 is 0 Å². The lowest BCUT2D eigenvalue weighted by Crippen LogP contribution is -2.03. The summed E-state index contributed by atoms with van der Waals surface area (Å²) in [6.45, 7) is 0. The average molecular weight is 314 g/mol. The summed E-state index contributed by atoms with van der Waals surface area (Å²) in [5, 5.41) is 19.6. The average Bonchev–Trinajstić information content (AvgIpc) is 3.12. The first kappa shape index (κ1) is 15.3. The second-order valence-electron chi connectivity index (χ2n) is 5.29. The van der Waals surface area contributed by atoms with Crippen LogP contribution in [-0.2, 0) is 0 Å². The van der Waals surface area contributed by atoms with E-state index in [1.165, 1.54) is 0 Å². The van der Waals surface area contributed by atoms with E-state index in [-0.39, 0.29) is 17.4 Å². The summed E-state index contributed by atoms with van der Waals surface area (Å²) in [5.74, 6) is 5.48. The second kappa shape index (κ2) is 6.28. The third-order valence-corrected chi connectivity index (χ3v) is 3.85. The first-order chi connectivity index (χ1) is 11.6. The van der Waals surface area contributed by atoms with E-state index < -0.39 is 0 Å². The molecule has 0 fully saturated rings. The molecule has 3 nitrogen and oxygen atoms in total. The number of hydrogen-bond acceptors (Lipinski definition) is 3. The van der Waals surface area contributed by atoms with Crippen LogP contribution in [0.5, 0.6) is 11.5 Å². The van der Waals surface area contributed by atoms with Gasteiger partial charge >= 0.3 is 0 Å². The van der Waals surface area contributed by atoms with Crippen LogP contribution >= 0.6 is 0 Å². The monoisotopic (exact) mass is 314 g/mol.